The van der Waals surface area contributed by atoms with Crippen LogP contribution < -0.4 is 0 Å². The highest BCUT2D eigenvalue weighted by atomic mass is 16.4. The number of aliphatic hydroxyl groups excluding tert-OH is 1. The second-order valence-corrected chi connectivity index (χ2v) is 7.96. The molecule has 2 N–H and O–H groups in total. The quantitative estimate of drug-likeness (QED) is 0.330. The number of unbranched alkanes of at least 4 members (excludes halogenated alkanes) is 1. The largest absolute Gasteiger partial charge is 0.481 e. The Morgan fingerprint density at radius 2 is 2.03 bits per heavy atom. The monoisotopic (exact) mass is 411 g/mol. The third kappa shape index (κ3) is 8.42. The van der Waals surface area contributed by atoms with E-state index in [1.165, 1.54) is 5.56 Å². The Kier molecular flexibility index (Phi) is 10.2. The molecule has 1 fully saturated rings. The molecule has 5 nitrogen and oxygen atoms in total. The summed E-state index contributed by atoms with van der Waals surface area (Å²) >= 11 is 0. The topological polar surface area (TPSA) is 77.8 Å². The number of rotatable bonds is 11. The number of benzene rings is 1. The number of hydrogen-bond donors (Lipinski definition) is 2. The summed E-state index contributed by atoms with van der Waals surface area (Å²) in [5.41, 5.74) is 1.32. The standard InChI is InChI=1S/C25H33NO4/c1-20(10-9-13-21-11-5-4-6-12-21)23(27)17-15-22-16-18-24(28)26(22)19-8-3-2-7-14-25(29)30/h4-6,11-12,15,17,20,22-23,27H,2,7,9-10,13-14,16,18-19H2,1H3,(H,29,30)/t20-,22-,23-/m0/s1. The van der Waals surface area contributed by atoms with Crippen LogP contribution in [-0.4, -0.2) is 45.7 Å². The number of hydrogen-bond acceptors (Lipinski definition) is 3. The number of aryl methyl sites for hydroxylation is 1. The van der Waals surface area contributed by atoms with Crippen LogP contribution >= 0.6 is 0 Å². The third-order valence-electron chi connectivity index (χ3n) is 5.52. The predicted octanol–water partition coefficient (Wildman–Crippen LogP) is 3.81. The molecule has 0 bridgehead atoms. The molecule has 0 aliphatic carbocycles. The Labute approximate surface area is 179 Å². The molecule has 0 saturated carbocycles. The van der Waals surface area contributed by atoms with Crippen molar-refractivity contribution in [1.82, 2.24) is 4.90 Å². The number of nitrogens with zero attached hydrogens (tertiary/aromatic N) is 1. The average molecular weight is 412 g/mol. The molecular formula is C25H33NO4. The SMILES string of the molecule is C[C@@H](CCCc1ccccc1)[C@@H](O)C=C[C@H]1CCC(=O)N1CC#CCCCC(=O)O. The number of aliphatic carboxylic acids is 1. The third-order valence-corrected chi connectivity index (χ3v) is 5.52. The molecule has 162 valence electrons. The van der Waals surface area contributed by atoms with E-state index < -0.39 is 12.1 Å². The Hall–Kier alpha value is -2.58. The maximum Gasteiger partial charge on any atom is 0.303 e. The fourth-order valence-electron chi connectivity index (χ4n) is 3.59. The second kappa shape index (κ2) is 12.9. The lowest BCUT2D eigenvalue weighted by Gasteiger charge is -2.21. The molecule has 1 amide bonds. The maximum absolute atomic E-state index is 12.1. The van der Waals surface area contributed by atoms with E-state index in [0.29, 0.717) is 25.8 Å². The van der Waals surface area contributed by atoms with Gasteiger partial charge < -0.3 is 15.1 Å². The molecule has 1 aromatic rings. The van der Waals surface area contributed by atoms with Crippen LogP contribution in [0.5, 0.6) is 0 Å². The van der Waals surface area contributed by atoms with Crippen LogP contribution in [0.4, 0.5) is 0 Å². The molecule has 30 heavy (non-hydrogen) atoms. The summed E-state index contributed by atoms with van der Waals surface area (Å²) in [4.78, 5) is 24.4. The van der Waals surface area contributed by atoms with Gasteiger partial charge in [0, 0.05) is 19.3 Å². The van der Waals surface area contributed by atoms with Crippen molar-refractivity contribution in [3.63, 3.8) is 0 Å². The van der Waals surface area contributed by atoms with Crippen molar-refractivity contribution < 1.29 is 19.8 Å². The highest BCUT2D eigenvalue weighted by molar-refractivity contribution is 5.79. The van der Waals surface area contributed by atoms with E-state index in [1.807, 2.05) is 30.4 Å². The number of aliphatic hydroxyl groups is 1. The zero-order valence-electron chi connectivity index (χ0n) is 17.8. The van der Waals surface area contributed by atoms with E-state index in [0.717, 1.165) is 25.7 Å². The zero-order valence-corrected chi connectivity index (χ0v) is 17.8. The number of carbonyl (C=O) groups excluding carboxylic acids is 1. The number of amides is 1. The van der Waals surface area contributed by atoms with Gasteiger partial charge in [-0.25, -0.2) is 0 Å². The van der Waals surface area contributed by atoms with Gasteiger partial charge in [0.2, 0.25) is 5.91 Å². The van der Waals surface area contributed by atoms with Crippen LogP contribution in [0.25, 0.3) is 0 Å². The van der Waals surface area contributed by atoms with Crippen molar-refractivity contribution >= 4 is 11.9 Å². The van der Waals surface area contributed by atoms with Crippen LogP contribution in [0.15, 0.2) is 42.5 Å². The van der Waals surface area contributed by atoms with Gasteiger partial charge in [-0.2, -0.15) is 0 Å². The van der Waals surface area contributed by atoms with Crippen molar-refractivity contribution in [3.8, 4) is 11.8 Å². The maximum atomic E-state index is 12.1. The van der Waals surface area contributed by atoms with Crippen molar-refractivity contribution in [3.05, 3.63) is 48.0 Å². The highest BCUT2D eigenvalue weighted by Gasteiger charge is 2.28. The van der Waals surface area contributed by atoms with Crippen molar-refractivity contribution in [2.75, 3.05) is 6.54 Å². The fraction of sp³-hybridized carbons (Fsp3) is 0.520. The molecule has 1 aromatic carbocycles. The fourth-order valence-corrected chi connectivity index (χ4v) is 3.59. The summed E-state index contributed by atoms with van der Waals surface area (Å²) in [5, 5.41) is 19.1. The van der Waals surface area contributed by atoms with Gasteiger partial charge >= 0.3 is 5.97 Å². The molecule has 2 rings (SSSR count). The van der Waals surface area contributed by atoms with Crippen molar-refractivity contribution in [2.45, 2.75) is 70.4 Å². The Balaban J connectivity index is 1.75. The second-order valence-electron chi connectivity index (χ2n) is 7.96. The first-order chi connectivity index (χ1) is 14.5. The molecule has 0 aromatic heterocycles. The first-order valence-electron chi connectivity index (χ1n) is 10.8. The van der Waals surface area contributed by atoms with Crippen LogP contribution in [0.3, 0.4) is 0 Å². The smallest absolute Gasteiger partial charge is 0.303 e. The van der Waals surface area contributed by atoms with E-state index in [1.54, 1.807) is 4.90 Å². The van der Waals surface area contributed by atoms with E-state index in [-0.39, 0.29) is 24.3 Å². The van der Waals surface area contributed by atoms with Gasteiger partial charge in [0.25, 0.3) is 0 Å². The van der Waals surface area contributed by atoms with E-state index in [2.05, 4.69) is 30.9 Å². The summed E-state index contributed by atoms with van der Waals surface area (Å²) in [6, 6.07) is 10.3. The summed E-state index contributed by atoms with van der Waals surface area (Å²) in [5.74, 6) is 5.35. The van der Waals surface area contributed by atoms with Crippen molar-refractivity contribution in [1.29, 1.82) is 0 Å². The zero-order chi connectivity index (χ0) is 21.8. The Morgan fingerprint density at radius 1 is 1.27 bits per heavy atom. The summed E-state index contributed by atoms with van der Waals surface area (Å²) < 4.78 is 0. The van der Waals surface area contributed by atoms with Crippen molar-refractivity contribution in [2.24, 2.45) is 5.92 Å². The van der Waals surface area contributed by atoms with Gasteiger partial charge in [-0.15, -0.1) is 5.92 Å². The number of carbonyl (C=O) groups is 2. The van der Waals surface area contributed by atoms with Crippen LogP contribution in [0.2, 0.25) is 0 Å². The summed E-state index contributed by atoms with van der Waals surface area (Å²) in [6.07, 6.45) is 8.62. The minimum absolute atomic E-state index is 0.0306. The molecule has 0 unspecified atom stereocenters. The Morgan fingerprint density at radius 3 is 2.77 bits per heavy atom. The van der Waals surface area contributed by atoms with Crippen LogP contribution in [0, 0.1) is 17.8 Å². The lowest BCUT2D eigenvalue weighted by Crippen LogP contribution is -2.32. The molecule has 3 atom stereocenters. The van der Waals surface area contributed by atoms with Gasteiger partial charge in [0.15, 0.2) is 0 Å². The molecule has 0 spiro atoms. The van der Waals surface area contributed by atoms with E-state index >= 15 is 0 Å². The molecule has 5 heteroatoms. The van der Waals surface area contributed by atoms with E-state index in [4.69, 9.17) is 5.11 Å². The van der Waals surface area contributed by atoms with Gasteiger partial charge in [-0.05, 0) is 43.6 Å². The molecule has 1 aliphatic heterocycles. The normalized spacial score (nSPS) is 18.3. The number of carboxylic acids is 1. The molecule has 0 radical (unpaired) electrons. The summed E-state index contributed by atoms with van der Waals surface area (Å²) in [7, 11) is 0. The first kappa shape index (κ1) is 23.7. The number of carboxylic acid groups (broad SMARTS) is 1. The Bertz CT molecular complexity index is 762. The van der Waals surface area contributed by atoms with Crippen LogP contribution in [-0.2, 0) is 16.0 Å². The van der Waals surface area contributed by atoms with Gasteiger partial charge in [-0.3, -0.25) is 9.59 Å². The van der Waals surface area contributed by atoms with E-state index in [9.17, 15) is 14.7 Å². The minimum atomic E-state index is -0.815. The number of likely N-dealkylation sites (tertiary alicyclic amines) is 1. The lowest BCUT2D eigenvalue weighted by molar-refractivity contribution is -0.137. The van der Waals surface area contributed by atoms with Gasteiger partial charge in [-0.1, -0.05) is 55.3 Å². The minimum Gasteiger partial charge on any atom is -0.481 e. The highest BCUT2D eigenvalue weighted by Crippen LogP contribution is 2.21. The van der Waals surface area contributed by atoms with Gasteiger partial charge in [0.05, 0.1) is 18.7 Å². The molecular weight excluding hydrogens is 378 g/mol. The molecule has 1 saturated heterocycles. The average Bonchev–Trinajstić information content (AvgIpc) is 3.08. The molecule has 1 heterocycles. The predicted molar refractivity (Wildman–Crippen MR) is 118 cm³/mol. The van der Waals surface area contributed by atoms with Gasteiger partial charge in [0.1, 0.15) is 0 Å². The summed E-state index contributed by atoms with van der Waals surface area (Å²) in [6.45, 7) is 2.41. The van der Waals surface area contributed by atoms with Crippen LogP contribution in [0.1, 0.15) is 57.4 Å². The molecule has 1 aliphatic rings. The lowest BCUT2D eigenvalue weighted by atomic mass is 9.95. The first-order valence-corrected chi connectivity index (χ1v) is 10.8.